The number of aryl methyl sites for hydroxylation is 1. The Bertz CT molecular complexity index is 1050. The van der Waals surface area contributed by atoms with E-state index in [1.54, 1.807) is 36.1 Å². The molecule has 0 unspecified atom stereocenters. The minimum Gasteiger partial charge on any atom is -0.490 e. The smallest absolute Gasteiger partial charge is 0.261 e. The van der Waals surface area contributed by atoms with Crippen molar-refractivity contribution < 1.29 is 17.9 Å². The molecule has 0 saturated heterocycles. The highest BCUT2D eigenvalue weighted by molar-refractivity contribution is 7.92. The molecule has 0 spiro atoms. The van der Waals surface area contributed by atoms with Crippen molar-refractivity contribution in [3.8, 4) is 5.75 Å². The minimum absolute atomic E-state index is 0.0524. The molecule has 29 heavy (non-hydrogen) atoms. The van der Waals surface area contributed by atoms with Gasteiger partial charge in [-0.15, -0.1) is 0 Å². The number of anilines is 2. The van der Waals surface area contributed by atoms with Crippen molar-refractivity contribution in [2.45, 2.75) is 39.0 Å². The number of halogens is 1. The van der Waals surface area contributed by atoms with Gasteiger partial charge in [-0.1, -0.05) is 24.6 Å². The molecule has 156 valence electrons. The maximum absolute atomic E-state index is 13.0. The van der Waals surface area contributed by atoms with Gasteiger partial charge in [-0.25, -0.2) is 8.42 Å². The summed E-state index contributed by atoms with van der Waals surface area (Å²) in [5, 5.41) is 0.380. The van der Waals surface area contributed by atoms with Crippen molar-refractivity contribution >= 4 is 38.9 Å². The number of sulfonamides is 1. The average Bonchev–Trinajstić information content (AvgIpc) is 2.74. The van der Waals surface area contributed by atoms with Crippen LogP contribution in [0.1, 0.15) is 32.8 Å². The molecule has 1 N–H and O–H groups in total. The Balaban J connectivity index is 1.98. The number of rotatable bonds is 5. The molecule has 0 bridgehead atoms. The third-order valence-corrected chi connectivity index (χ3v) is 6.60. The number of benzene rings is 2. The third-order valence-electron chi connectivity index (χ3n) is 4.82. The van der Waals surface area contributed by atoms with E-state index < -0.39 is 15.4 Å². The van der Waals surface area contributed by atoms with Crippen LogP contribution in [0.25, 0.3) is 0 Å². The van der Waals surface area contributed by atoms with Gasteiger partial charge >= 0.3 is 0 Å². The zero-order valence-corrected chi connectivity index (χ0v) is 18.5. The summed E-state index contributed by atoms with van der Waals surface area (Å²) in [4.78, 5) is 14.7. The van der Waals surface area contributed by atoms with Gasteiger partial charge in [-0.3, -0.25) is 9.52 Å². The fraction of sp³-hybridized carbons (Fsp3) is 0.381. The second-order valence-electron chi connectivity index (χ2n) is 7.83. The van der Waals surface area contributed by atoms with Crippen LogP contribution in [0.5, 0.6) is 5.75 Å². The molecular formula is C21H25ClN2O4S. The van der Waals surface area contributed by atoms with Crippen molar-refractivity contribution in [2.24, 2.45) is 5.41 Å². The highest BCUT2D eigenvalue weighted by atomic mass is 35.5. The summed E-state index contributed by atoms with van der Waals surface area (Å²) >= 11 is 6.08. The van der Waals surface area contributed by atoms with E-state index in [0.29, 0.717) is 28.7 Å². The van der Waals surface area contributed by atoms with E-state index in [2.05, 4.69) is 4.72 Å². The molecule has 6 nitrogen and oxygen atoms in total. The zero-order valence-electron chi connectivity index (χ0n) is 17.0. The summed E-state index contributed by atoms with van der Waals surface area (Å²) in [6, 6.07) is 9.53. The van der Waals surface area contributed by atoms with Gasteiger partial charge in [0.1, 0.15) is 12.4 Å². The predicted octanol–water partition coefficient (Wildman–Crippen LogP) is 4.61. The monoisotopic (exact) mass is 436 g/mol. The highest BCUT2D eigenvalue weighted by Crippen LogP contribution is 2.38. The summed E-state index contributed by atoms with van der Waals surface area (Å²) < 4.78 is 34.0. The lowest BCUT2D eigenvalue weighted by molar-refractivity contribution is -0.127. The van der Waals surface area contributed by atoms with Gasteiger partial charge in [-0.05, 0) is 63.1 Å². The van der Waals surface area contributed by atoms with Crippen LogP contribution in [0, 0.1) is 12.3 Å². The van der Waals surface area contributed by atoms with Crippen LogP contribution < -0.4 is 14.4 Å². The quantitative estimate of drug-likeness (QED) is 0.742. The molecule has 2 aromatic rings. The summed E-state index contributed by atoms with van der Waals surface area (Å²) in [5.74, 6) is 0.502. The lowest BCUT2D eigenvalue weighted by Gasteiger charge is -2.28. The van der Waals surface area contributed by atoms with Gasteiger partial charge in [0.05, 0.1) is 21.7 Å². The number of fused-ring (bicyclic) bond motifs is 1. The Hall–Kier alpha value is -2.25. The Morgan fingerprint density at radius 1 is 1.21 bits per heavy atom. The van der Waals surface area contributed by atoms with E-state index in [-0.39, 0.29) is 17.4 Å². The van der Waals surface area contributed by atoms with Crippen LogP contribution in [0.3, 0.4) is 0 Å². The number of hydrogen-bond acceptors (Lipinski definition) is 4. The Kier molecular flexibility index (Phi) is 5.83. The Morgan fingerprint density at radius 2 is 1.93 bits per heavy atom. The van der Waals surface area contributed by atoms with Crippen molar-refractivity contribution in [3.63, 3.8) is 0 Å². The zero-order chi connectivity index (χ0) is 21.4. The first-order valence-electron chi connectivity index (χ1n) is 9.43. The third kappa shape index (κ3) is 4.36. The molecule has 0 radical (unpaired) electrons. The maximum Gasteiger partial charge on any atom is 0.261 e. The molecule has 0 saturated carbocycles. The topological polar surface area (TPSA) is 75.7 Å². The second kappa shape index (κ2) is 7.88. The van der Waals surface area contributed by atoms with Crippen molar-refractivity contribution in [1.82, 2.24) is 0 Å². The molecule has 0 fully saturated rings. The molecule has 3 rings (SSSR count). The van der Waals surface area contributed by atoms with Crippen molar-refractivity contribution in [3.05, 3.63) is 47.0 Å². The Morgan fingerprint density at radius 3 is 2.59 bits per heavy atom. The fourth-order valence-corrected chi connectivity index (χ4v) is 4.43. The van der Waals surface area contributed by atoms with E-state index in [1.165, 1.54) is 12.1 Å². The number of nitrogens with one attached hydrogen (secondary N) is 1. The van der Waals surface area contributed by atoms with Crippen LogP contribution in [0.4, 0.5) is 11.4 Å². The van der Waals surface area contributed by atoms with Crippen LogP contribution in [-0.4, -0.2) is 27.5 Å². The van der Waals surface area contributed by atoms with Gasteiger partial charge in [0.25, 0.3) is 10.0 Å². The Labute approximate surface area is 176 Å². The number of amides is 1. The summed E-state index contributed by atoms with van der Waals surface area (Å²) in [6.07, 6.45) is 0.763. The molecule has 1 aliphatic heterocycles. The number of carbonyl (C=O) groups excluding carboxylic acids is 1. The second-order valence-corrected chi connectivity index (χ2v) is 9.92. The summed E-state index contributed by atoms with van der Waals surface area (Å²) in [5.41, 5.74) is 1.03. The van der Waals surface area contributed by atoms with Crippen LogP contribution in [-0.2, 0) is 14.8 Å². The SMILES string of the molecule is CCCN1C(=O)C(C)(C)COc2ccc(NS(=O)(=O)c3ccc(C)c(Cl)c3)cc21. The molecule has 2 aromatic carbocycles. The number of carbonyl (C=O) groups is 1. The van der Waals surface area contributed by atoms with Crippen LogP contribution in [0.15, 0.2) is 41.3 Å². The van der Waals surface area contributed by atoms with Crippen molar-refractivity contribution in [2.75, 3.05) is 22.8 Å². The van der Waals surface area contributed by atoms with Gasteiger partial charge in [0.2, 0.25) is 5.91 Å². The molecule has 0 aliphatic carbocycles. The van der Waals surface area contributed by atoms with Crippen LogP contribution in [0.2, 0.25) is 5.02 Å². The largest absolute Gasteiger partial charge is 0.490 e. The van der Waals surface area contributed by atoms with Crippen LogP contribution >= 0.6 is 11.6 Å². The van der Waals surface area contributed by atoms with E-state index in [4.69, 9.17) is 16.3 Å². The maximum atomic E-state index is 13.0. The molecule has 1 aliphatic rings. The van der Waals surface area contributed by atoms with Gasteiger partial charge < -0.3 is 9.64 Å². The van der Waals surface area contributed by atoms with E-state index >= 15 is 0 Å². The standard InChI is InChI=1S/C21H25ClN2O4S/c1-5-10-24-18-11-15(7-9-19(18)28-13-21(3,4)20(24)25)23-29(26,27)16-8-6-14(2)17(22)12-16/h6-9,11-12,23H,5,10,13H2,1-4H3. The normalized spacial score (nSPS) is 16.0. The lowest BCUT2D eigenvalue weighted by atomic mass is 9.93. The molecule has 0 atom stereocenters. The molecule has 1 amide bonds. The van der Waals surface area contributed by atoms with Gasteiger partial charge in [-0.2, -0.15) is 0 Å². The van der Waals surface area contributed by atoms with E-state index in [9.17, 15) is 13.2 Å². The molecular weight excluding hydrogens is 412 g/mol. The molecule has 0 aromatic heterocycles. The average molecular weight is 437 g/mol. The number of nitrogens with zero attached hydrogens (tertiary/aromatic N) is 1. The van der Waals surface area contributed by atoms with E-state index in [0.717, 1.165) is 12.0 Å². The van der Waals surface area contributed by atoms with Gasteiger partial charge in [0.15, 0.2) is 0 Å². The lowest BCUT2D eigenvalue weighted by Crippen LogP contribution is -2.42. The highest BCUT2D eigenvalue weighted by Gasteiger charge is 2.37. The first kappa shape index (κ1) is 21.5. The van der Waals surface area contributed by atoms with Gasteiger partial charge in [0, 0.05) is 11.6 Å². The summed E-state index contributed by atoms with van der Waals surface area (Å²) in [6.45, 7) is 8.25. The molecule has 8 heteroatoms. The summed E-state index contributed by atoms with van der Waals surface area (Å²) in [7, 11) is -3.83. The number of ether oxygens (including phenoxy) is 1. The first-order valence-corrected chi connectivity index (χ1v) is 11.3. The number of hydrogen-bond donors (Lipinski definition) is 1. The van der Waals surface area contributed by atoms with E-state index in [1.807, 2.05) is 20.8 Å². The molecule has 1 heterocycles. The minimum atomic E-state index is -3.83. The fourth-order valence-electron chi connectivity index (χ4n) is 3.11. The predicted molar refractivity (Wildman–Crippen MR) is 115 cm³/mol. The first-order chi connectivity index (χ1) is 13.5. The van der Waals surface area contributed by atoms with Crippen molar-refractivity contribution in [1.29, 1.82) is 0 Å².